The van der Waals surface area contributed by atoms with Crippen LogP contribution in [0.5, 0.6) is 0 Å². The first-order valence-corrected chi connectivity index (χ1v) is 24.5. The number of aromatic nitrogens is 2. The third-order valence-electron chi connectivity index (χ3n) is 9.62. The molecule has 0 spiro atoms. The van der Waals surface area contributed by atoms with E-state index in [4.69, 9.17) is 14.7 Å². The first kappa shape index (κ1) is 38.2. The van der Waals surface area contributed by atoms with Crippen LogP contribution in [0.25, 0.3) is 41.1 Å². The van der Waals surface area contributed by atoms with Gasteiger partial charge >= 0.3 is 299 Å². The number of allylic oxidation sites excluding steroid dienone is 5. The van der Waals surface area contributed by atoms with Gasteiger partial charge in [-0.2, -0.15) is 0 Å². The van der Waals surface area contributed by atoms with Crippen LogP contribution in [0.15, 0.2) is 138 Å². The molecule has 9 heteroatoms. The van der Waals surface area contributed by atoms with Gasteiger partial charge in [0.05, 0.1) is 0 Å². The number of fused-ring (bicyclic) bond motifs is 1. The van der Waals surface area contributed by atoms with E-state index in [-0.39, 0.29) is 0 Å². The molecule has 0 unspecified atom stereocenters. The van der Waals surface area contributed by atoms with Gasteiger partial charge in [-0.15, -0.1) is 11.3 Å². The summed E-state index contributed by atoms with van der Waals surface area (Å²) in [6.45, 7) is 9.89. The minimum absolute atomic E-state index is 0.593. The van der Waals surface area contributed by atoms with E-state index in [1.807, 2.05) is 29.3 Å². The van der Waals surface area contributed by atoms with Crippen molar-refractivity contribution in [1.29, 1.82) is 0 Å². The average Bonchev–Trinajstić information content (AvgIpc) is 4.05. The van der Waals surface area contributed by atoms with E-state index in [1.54, 1.807) is 34.0 Å². The normalized spacial score (nSPS) is 15.4. The maximum absolute atomic E-state index is 6.12. The molecule has 5 heterocycles. The van der Waals surface area contributed by atoms with Gasteiger partial charge in [0.25, 0.3) is 0 Å². The third-order valence-corrected chi connectivity index (χ3v) is 19.8. The number of ether oxygens (including phenoxy) is 1. The summed E-state index contributed by atoms with van der Waals surface area (Å²) in [6.07, 6.45) is 9.96. The molecule has 275 valence electrons. The Hall–Kier alpha value is -3.65. The Kier molecular flexibility index (Phi) is 11.7. The van der Waals surface area contributed by atoms with Crippen LogP contribution in [0.3, 0.4) is 0 Å². The van der Waals surface area contributed by atoms with E-state index in [9.17, 15) is 0 Å². The zero-order valence-corrected chi connectivity index (χ0v) is 37.7. The second-order valence-corrected chi connectivity index (χ2v) is 21.3. The molecule has 0 saturated carbocycles. The molecule has 4 aromatic heterocycles. The smallest absolute Gasteiger partial charge is 0.133 e. The second-order valence-electron chi connectivity index (χ2n) is 13.3. The maximum Gasteiger partial charge on any atom is -0.133 e. The van der Waals surface area contributed by atoms with Crippen molar-refractivity contribution < 1.29 is 22.7 Å². The van der Waals surface area contributed by atoms with Crippen LogP contribution in [0.1, 0.15) is 41.1 Å². The van der Waals surface area contributed by atoms with Crippen LogP contribution in [-0.2, 0) is 22.7 Å². The number of aryl methyl sites for hydroxylation is 2. The van der Waals surface area contributed by atoms with Crippen molar-refractivity contribution in [1.82, 2.24) is 9.97 Å². The monoisotopic (exact) mass is 986 g/mol. The van der Waals surface area contributed by atoms with E-state index in [1.165, 1.54) is 68.6 Å². The molecule has 3 nitrogen and oxygen atoms in total. The van der Waals surface area contributed by atoms with E-state index in [2.05, 4.69) is 159 Å². The Bertz CT molecular complexity index is 2530. The van der Waals surface area contributed by atoms with Crippen LogP contribution < -0.4 is 15.9 Å². The summed E-state index contributed by atoms with van der Waals surface area (Å²) < 4.78 is 10.0. The molecular formula is C46H39N2OOsPS4+. The standard InChI is InChI=1S/C46H39N2OPS4.Os/c1-6-17-33-28-49-29-34(33)27-39(32(5)50(35-19-11-8-12-20-35,36-21-13-9-14-22-36)37-23-15-10-16-24-37)40-26-31(4)42(52-40)44-48-46-45(54-44)47-43(53-46)41-30(3)25-38(51-41)18-7-2;/h7-27H,6,28-29H2,1-4H3;/q+1;/b18-7+,33-17?,34-27?,39-32?;. The fourth-order valence-electron chi connectivity index (χ4n) is 7.16. The van der Waals surface area contributed by atoms with Gasteiger partial charge in [0.15, 0.2) is 0 Å². The summed E-state index contributed by atoms with van der Waals surface area (Å²) in [5.74, 6) is 0. The predicted octanol–water partition coefficient (Wildman–Crippen LogP) is 12.4. The molecule has 0 aliphatic carbocycles. The molecule has 1 aliphatic rings. The summed E-state index contributed by atoms with van der Waals surface area (Å²) in [7, 11) is -2.46. The number of nitrogens with zero attached hydrogens (tertiary/aromatic N) is 2. The third kappa shape index (κ3) is 7.37. The summed E-state index contributed by atoms with van der Waals surface area (Å²) >= 11 is 8.86. The minimum Gasteiger partial charge on any atom is -0.133 e. The summed E-state index contributed by atoms with van der Waals surface area (Å²) in [5, 5.41) is 7.22. The van der Waals surface area contributed by atoms with Gasteiger partial charge in [-0.05, 0) is 31.6 Å². The van der Waals surface area contributed by atoms with Crippen LogP contribution in [0, 0.1) is 18.2 Å². The zero-order chi connectivity index (χ0) is 37.9. The molecule has 0 atom stereocenters. The van der Waals surface area contributed by atoms with Crippen molar-refractivity contribution in [3.63, 3.8) is 0 Å². The minimum atomic E-state index is -2.46. The van der Waals surface area contributed by atoms with Gasteiger partial charge in [0.2, 0.25) is 0 Å². The van der Waals surface area contributed by atoms with Crippen LogP contribution >= 0.6 is 52.6 Å². The van der Waals surface area contributed by atoms with Crippen molar-refractivity contribution in [3.8, 4) is 24.1 Å². The number of thiophene rings is 2. The summed E-state index contributed by atoms with van der Waals surface area (Å²) in [5.41, 5.74) is 6.19. The molecule has 7 aromatic rings. The average molecular weight is 985 g/mol. The molecule has 55 heavy (non-hydrogen) atoms. The molecule has 0 amide bonds. The Morgan fingerprint density at radius 2 is 1.27 bits per heavy atom. The van der Waals surface area contributed by atoms with Gasteiger partial charge in [-0.3, -0.25) is 0 Å². The summed E-state index contributed by atoms with van der Waals surface area (Å²) in [4.78, 5) is 17.3. The Morgan fingerprint density at radius 1 is 0.745 bits per heavy atom. The topological polar surface area (TPSA) is 35.0 Å². The number of hydrogen-bond acceptors (Lipinski definition) is 7. The van der Waals surface area contributed by atoms with Crippen molar-refractivity contribution in [3.05, 3.63) is 159 Å². The van der Waals surface area contributed by atoms with Gasteiger partial charge in [-0.25, -0.2) is 0 Å². The molecular weight excluding hydrogens is 946 g/mol. The fourth-order valence-corrected chi connectivity index (χ4v) is 17.7. The molecule has 0 bridgehead atoms. The quantitative estimate of drug-likeness (QED) is 0.128. The number of thiazole rings is 2. The van der Waals surface area contributed by atoms with Crippen molar-refractivity contribution in [2.24, 2.45) is 0 Å². The Balaban J connectivity index is 1.35. The first-order chi connectivity index (χ1) is 26.9. The van der Waals surface area contributed by atoms with E-state index < -0.39 is 7.26 Å². The number of benzene rings is 3. The van der Waals surface area contributed by atoms with Gasteiger partial charge in [-0.1, -0.05) is 6.08 Å². The molecule has 1 saturated heterocycles. The molecule has 0 radical (unpaired) electrons. The summed E-state index contributed by atoms with van der Waals surface area (Å²) in [6, 6.07) is 37.9. The Labute approximate surface area is 349 Å². The molecule has 3 aromatic carbocycles. The molecule has 1 aliphatic heterocycles. The van der Waals surface area contributed by atoms with Crippen LogP contribution in [-0.4, -0.2) is 23.2 Å². The van der Waals surface area contributed by atoms with E-state index in [0.29, 0.717) is 13.2 Å². The van der Waals surface area contributed by atoms with Crippen molar-refractivity contribution in [2.75, 3.05) is 13.2 Å². The predicted molar refractivity (Wildman–Crippen MR) is 239 cm³/mol. The van der Waals surface area contributed by atoms with Crippen molar-refractivity contribution in [2.45, 2.75) is 34.1 Å². The van der Waals surface area contributed by atoms with Gasteiger partial charge in [0, 0.05) is 4.88 Å². The van der Waals surface area contributed by atoms with E-state index >= 15 is 0 Å². The molecule has 8 rings (SSSR count). The number of rotatable bonds is 10. The van der Waals surface area contributed by atoms with Crippen molar-refractivity contribution >= 4 is 89.8 Å². The SMILES string of the molecule is C/C=C/c1cc(C)c(-c2nc3sc(-c4sc(C(C=C5COCC5=CCC)=C([C]#[Os])[P+](c5ccccc5)(c5ccccc5)c5ccccc5)cc4C)nc3s2)s1. The first-order valence-electron chi connectivity index (χ1n) is 18.2. The fraction of sp³-hybridized carbons (Fsp3) is 0.152. The molecule has 0 N–H and O–H groups in total. The number of hydrogen-bond donors (Lipinski definition) is 0. The molecule has 1 fully saturated rings. The van der Waals surface area contributed by atoms with Crippen LogP contribution in [0.4, 0.5) is 0 Å². The zero-order valence-electron chi connectivity index (χ0n) is 31.0. The second kappa shape index (κ2) is 16.8. The van der Waals surface area contributed by atoms with Crippen LogP contribution in [0.2, 0.25) is 0 Å². The van der Waals surface area contributed by atoms with Gasteiger partial charge in [0.1, 0.15) is 0 Å². The Morgan fingerprint density at radius 3 is 1.80 bits per heavy atom. The maximum atomic E-state index is 6.12. The van der Waals surface area contributed by atoms with Gasteiger partial charge < -0.3 is 0 Å². The van der Waals surface area contributed by atoms with E-state index in [0.717, 1.165) is 26.1 Å². The largest absolute Gasteiger partial charge is 0.133 e.